The van der Waals surface area contributed by atoms with Gasteiger partial charge in [-0.15, -0.1) is 0 Å². The second kappa shape index (κ2) is 11.0. The van der Waals surface area contributed by atoms with Gasteiger partial charge >= 0.3 is 5.97 Å². The van der Waals surface area contributed by atoms with Crippen molar-refractivity contribution in [3.63, 3.8) is 0 Å². The lowest BCUT2D eigenvalue weighted by Gasteiger charge is -2.15. The molecule has 4 nitrogen and oxygen atoms in total. The van der Waals surface area contributed by atoms with Crippen molar-refractivity contribution in [2.24, 2.45) is 0 Å². The van der Waals surface area contributed by atoms with Gasteiger partial charge in [-0.05, 0) is 16.7 Å². The van der Waals surface area contributed by atoms with Gasteiger partial charge in [0.1, 0.15) is 25.6 Å². The molecule has 0 aromatic heterocycles. The zero-order valence-electron chi connectivity index (χ0n) is 17.9. The van der Waals surface area contributed by atoms with E-state index in [1.54, 1.807) is 0 Å². The Morgan fingerprint density at radius 1 is 0.606 bits per heavy atom. The van der Waals surface area contributed by atoms with Crippen LogP contribution in [0.25, 0.3) is 0 Å². The van der Waals surface area contributed by atoms with Gasteiger partial charge in [0.25, 0.3) is 0 Å². The fourth-order valence-corrected chi connectivity index (χ4v) is 3.19. The third-order valence-electron chi connectivity index (χ3n) is 4.94. The first-order valence-corrected chi connectivity index (χ1v) is 10.6. The first-order chi connectivity index (χ1) is 16.2. The zero-order valence-corrected chi connectivity index (χ0v) is 17.9. The van der Waals surface area contributed by atoms with Crippen molar-refractivity contribution >= 4 is 5.97 Å². The molecule has 0 radical (unpaired) electrons. The van der Waals surface area contributed by atoms with Crippen LogP contribution in [-0.2, 0) is 24.6 Å². The molecule has 0 unspecified atom stereocenters. The summed E-state index contributed by atoms with van der Waals surface area (Å²) in [5, 5.41) is 0. The molecule has 4 aromatic carbocycles. The maximum Gasteiger partial charge on any atom is 0.341 e. The molecule has 0 spiro atoms. The largest absolute Gasteiger partial charge is 0.485 e. The van der Waals surface area contributed by atoms with Gasteiger partial charge in [0.15, 0.2) is 11.5 Å². The third kappa shape index (κ3) is 6.20. The Labute approximate surface area is 192 Å². The third-order valence-corrected chi connectivity index (χ3v) is 4.94. The Balaban J connectivity index is 1.54. The lowest BCUT2D eigenvalue weighted by molar-refractivity contribution is 0.0466. The summed E-state index contributed by atoms with van der Waals surface area (Å²) in [6, 6.07) is 30.8. The average Bonchev–Trinajstić information content (AvgIpc) is 2.87. The van der Waals surface area contributed by atoms with Gasteiger partial charge in [-0.25, -0.2) is 9.18 Å². The van der Waals surface area contributed by atoms with Crippen LogP contribution in [0.4, 0.5) is 4.39 Å². The molecular formula is C28H23FO4. The fraction of sp³-hybridized carbons (Fsp3) is 0.107. The fourth-order valence-electron chi connectivity index (χ4n) is 3.19. The zero-order chi connectivity index (χ0) is 22.9. The van der Waals surface area contributed by atoms with Crippen LogP contribution in [0.1, 0.15) is 27.0 Å². The van der Waals surface area contributed by atoms with Crippen molar-refractivity contribution < 1.29 is 23.4 Å². The predicted octanol–water partition coefficient (Wildman–Crippen LogP) is 6.34. The number of benzene rings is 4. The minimum absolute atomic E-state index is 0.0472. The molecule has 4 rings (SSSR count). The molecule has 0 aliphatic rings. The Bertz CT molecular complexity index is 1180. The van der Waals surface area contributed by atoms with E-state index in [1.807, 2.05) is 91.0 Å². The van der Waals surface area contributed by atoms with Crippen LogP contribution >= 0.6 is 0 Å². The van der Waals surface area contributed by atoms with E-state index in [-0.39, 0.29) is 36.9 Å². The van der Waals surface area contributed by atoms with Crippen LogP contribution < -0.4 is 9.47 Å². The average molecular weight is 442 g/mol. The summed E-state index contributed by atoms with van der Waals surface area (Å²) in [6.45, 7) is 0.526. The van der Waals surface area contributed by atoms with Gasteiger partial charge in [0, 0.05) is 12.1 Å². The van der Waals surface area contributed by atoms with Crippen LogP contribution in [-0.4, -0.2) is 5.97 Å². The highest BCUT2D eigenvalue weighted by Gasteiger charge is 2.19. The van der Waals surface area contributed by atoms with E-state index in [1.165, 1.54) is 12.1 Å². The van der Waals surface area contributed by atoms with Gasteiger partial charge in [0.05, 0.1) is 5.56 Å². The standard InChI is InChI=1S/C28H23FO4/c29-25-17-27(32-19-22-12-6-2-7-13-22)26(31-18-21-10-4-1-5-11-21)16-24(25)28(30)33-20-23-14-8-3-9-15-23/h1-17H,18-20H2. The van der Waals surface area contributed by atoms with E-state index < -0.39 is 11.8 Å². The van der Waals surface area contributed by atoms with E-state index >= 15 is 0 Å². The van der Waals surface area contributed by atoms with Crippen molar-refractivity contribution in [1.82, 2.24) is 0 Å². The number of carbonyl (C=O) groups excluding carboxylic acids is 1. The lowest BCUT2D eigenvalue weighted by atomic mass is 10.1. The number of ether oxygens (including phenoxy) is 3. The minimum atomic E-state index is -0.768. The molecular weight excluding hydrogens is 419 g/mol. The number of rotatable bonds is 9. The number of hydrogen-bond acceptors (Lipinski definition) is 4. The second-order valence-electron chi connectivity index (χ2n) is 7.39. The maximum atomic E-state index is 14.9. The molecule has 166 valence electrons. The number of esters is 1. The summed E-state index contributed by atoms with van der Waals surface area (Å²) in [7, 11) is 0. The molecule has 0 heterocycles. The highest BCUT2D eigenvalue weighted by atomic mass is 19.1. The summed E-state index contributed by atoms with van der Waals surface area (Å²) < 4.78 is 31.9. The number of halogens is 1. The molecule has 5 heteroatoms. The number of carbonyl (C=O) groups is 1. The SMILES string of the molecule is O=C(OCc1ccccc1)c1cc(OCc2ccccc2)c(OCc2ccccc2)cc1F. The van der Waals surface area contributed by atoms with Crippen molar-refractivity contribution in [1.29, 1.82) is 0 Å². The lowest BCUT2D eigenvalue weighted by Crippen LogP contribution is -2.09. The normalized spacial score (nSPS) is 10.5. The summed E-state index contributed by atoms with van der Waals surface area (Å²) in [6.07, 6.45) is 0. The summed E-state index contributed by atoms with van der Waals surface area (Å²) in [4.78, 5) is 12.6. The van der Waals surface area contributed by atoms with Gasteiger partial charge < -0.3 is 14.2 Å². The molecule has 0 fully saturated rings. The molecule has 0 N–H and O–H groups in total. The summed E-state index contributed by atoms with van der Waals surface area (Å²) in [5.41, 5.74) is 2.47. The monoisotopic (exact) mass is 442 g/mol. The quantitative estimate of drug-likeness (QED) is 0.284. The van der Waals surface area contributed by atoms with Crippen molar-refractivity contribution in [2.75, 3.05) is 0 Å². The molecule has 33 heavy (non-hydrogen) atoms. The molecule has 0 aliphatic heterocycles. The molecule has 0 amide bonds. The van der Waals surface area contributed by atoms with Crippen molar-refractivity contribution in [3.8, 4) is 11.5 Å². The Morgan fingerprint density at radius 3 is 1.52 bits per heavy atom. The Kier molecular flexibility index (Phi) is 7.33. The maximum absolute atomic E-state index is 14.9. The summed E-state index contributed by atoms with van der Waals surface area (Å²) in [5.74, 6) is -1.02. The Hall–Kier alpha value is -4.12. The van der Waals surface area contributed by atoms with Gasteiger partial charge in [-0.1, -0.05) is 91.0 Å². The van der Waals surface area contributed by atoms with E-state index in [4.69, 9.17) is 14.2 Å². The van der Waals surface area contributed by atoms with E-state index in [9.17, 15) is 9.18 Å². The van der Waals surface area contributed by atoms with Crippen LogP contribution in [0.2, 0.25) is 0 Å². The first-order valence-electron chi connectivity index (χ1n) is 10.6. The molecule has 0 aliphatic carbocycles. The second-order valence-corrected chi connectivity index (χ2v) is 7.39. The van der Waals surface area contributed by atoms with E-state index in [0.717, 1.165) is 16.7 Å². The van der Waals surface area contributed by atoms with Crippen molar-refractivity contribution in [2.45, 2.75) is 19.8 Å². The molecule has 0 saturated carbocycles. The van der Waals surface area contributed by atoms with Gasteiger partial charge in [-0.3, -0.25) is 0 Å². The topological polar surface area (TPSA) is 44.8 Å². The highest BCUT2D eigenvalue weighted by molar-refractivity contribution is 5.90. The van der Waals surface area contributed by atoms with E-state index in [0.29, 0.717) is 0 Å². The van der Waals surface area contributed by atoms with Crippen LogP contribution in [0.5, 0.6) is 11.5 Å². The molecule has 0 saturated heterocycles. The molecule has 0 atom stereocenters. The predicted molar refractivity (Wildman–Crippen MR) is 124 cm³/mol. The molecule has 4 aromatic rings. The van der Waals surface area contributed by atoms with Gasteiger partial charge in [0.2, 0.25) is 0 Å². The van der Waals surface area contributed by atoms with Crippen LogP contribution in [0.3, 0.4) is 0 Å². The number of hydrogen-bond donors (Lipinski definition) is 0. The smallest absolute Gasteiger partial charge is 0.341 e. The minimum Gasteiger partial charge on any atom is -0.485 e. The van der Waals surface area contributed by atoms with Crippen LogP contribution in [0.15, 0.2) is 103 Å². The van der Waals surface area contributed by atoms with Gasteiger partial charge in [-0.2, -0.15) is 0 Å². The van der Waals surface area contributed by atoms with Crippen molar-refractivity contribution in [3.05, 3.63) is 131 Å². The van der Waals surface area contributed by atoms with Crippen LogP contribution in [0, 0.1) is 5.82 Å². The van der Waals surface area contributed by atoms with E-state index in [2.05, 4.69) is 0 Å². The Morgan fingerprint density at radius 2 is 1.03 bits per heavy atom. The molecule has 0 bridgehead atoms. The highest BCUT2D eigenvalue weighted by Crippen LogP contribution is 2.32. The summed E-state index contributed by atoms with van der Waals surface area (Å²) >= 11 is 0. The first kappa shape index (κ1) is 22.1.